The molecule has 0 unspecified atom stereocenters. The molecule has 0 bridgehead atoms. The number of nitrogens with zero attached hydrogens (tertiary/aromatic N) is 4. The largest absolute Gasteiger partial charge is 0.393 e. The molecule has 0 aliphatic carbocycles. The molecule has 1 saturated heterocycles. The van der Waals surface area contributed by atoms with Crippen LogP contribution in [0.1, 0.15) is 17.5 Å². The number of nitrogens with two attached hydrogens (primary N) is 1. The summed E-state index contributed by atoms with van der Waals surface area (Å²) in [7, 11) is 1.75. The molecule has 1 aliphatic rings. The van der Waals surface area contributed by atoms with Crippen molar-refractivity contribution in [3.05, 3.63) is 70.7 Å². The molecule has 1 aliphatic heterocycles. The Hall–Kier alpha value is -2.62. The summed E-state index contributed by atoms with van der Waals surface area (Å²) in [6, 6.07) is 17.4. The molecule has 0 saturated carbocycles. The maximum Gasteiger partial charge on any atom is 0.266 e. The number of benzene rings is 2. The van der Waals surface area contributed by atoms with Crippen LogP contribution in [0.5, 0.6) is 0 Å². The maximum atomic E-state index is 14.0. The van der Waals surface area contributed by atoms with Crippen LogP contribution in [0, 0.1) is 0 Å². The Morgan fingerprint density at radius 1 is 1.15 bits per heavy atom. The van der Waals surface area contributed by atoms with Crippen molar-refractivity contribution in [2.24, 2.45) is 0 Å². The van der Waals surface area contributed by atoms with Gasteiger partial charge in [0.25, 0.3) is 5.92 Å². The van der Waals surface area contributed by atoms with Crippen molar-refractivity contribution in [2.45, 2.75) is 29.8 Å². The van der Waals surface area contributed by atoms with Crippen molar-refractivity contribution in [3.63, 3.8) is 0 Å². The summed E-state index contributed by atoms with van der Waals surface area (Å²) in [6.45, 7) is 0.150. The lowest BCUT2D eigenvalue weighted by Gasteiger charge is -2.27. The number of thioether (sulfide) groups is 1. The molecule has 2 heterocycles. The molecule has 10 heteroatoms. The first kappa shape index (κ1) is 23.5. The minimum Gasteiger partial charge on any atom is -0.393 e. The van der Waals surface area contributed by atoms with Gasteiger partial charge < -0.3 is 10.6 Å². The van der Waals surface area contributed by atoms with E-state index in [4.69, 9.17) is 17.3 Å². The van der Waals surface area contributed by atoms with Gasteiger partial charge in [-0.15, -0.1) is 0 Å². The fourth-order valence-electron chi connectivity index (χ4n) is 3.63. The summed E-state index contributed by atoms with van der Waals surface area (Å²) in [4.78, 5) is 10.8. The third kappa shape index (κ3) is 5.66. The number of nitrogens with one attached hydrogen (secondary N) is 1. The number of alkyl halides is 2. The summed E-state index contributed by atoms with van der Waals surface area (Å²) in [5.41, 5.74) is 11.8. The van der Waals surface area contributed by atoms with Crippen molar-refractivity contribution in [1.29, 1.82) is 0 Å². The minimum atomic E-state index is -2.77. The Morgan fingerprint density at radius 3 is 2.55 bits per heavy atom. The molecule has 4 rings (SSSR count). The van der Waals surface area contributed by atoms with Gasteiger partial charge in [-0.25, -0.2) is 24.2 Å². The van der Waals surface area contributed by atoms with Crippen molar-refractivity contribution < 1.29 is 8.78 Å². The quantitative estimate of drug-likeness (QED) is 0.262. The van der Waals surface area contributed by atoms with E-state index in [2.05, 4.69) is 15.4 Å². The van der Waals surface area contributed by atoms with Crippen LogP contribution in [0.25, 0.3) is 0 Å². The van der Waals surface area contributed by atoms with Gasteiger partial charge in [0.1, 0.15) is 5.69 Å². The molecule has 0 spiro atoms. The van der Waals surface area contributed by atoms with Gasteiger partial charge in [0.15, 0.2) is 16.8 Å². The number of halogens is 3. The van der Waals surface area contributed by atoms with E-state index in [0.29, 0.717) is 34.1 Å². The standard InChI is InChI=1S/C23H25ClF2N6S/c1-28-32(13-17-9-5-6-10-18(17)24)21-19(27)20(31-12-11-23(25,26)15-31)29-22(30-21)33-14-16-7-3-2-4-8-16/h2-10,28H,11-15,27H2,1H3. The lowest BCUT2D eigenvalue weighted by molar-refractivity contribution is 0.0257. The van der Waals surface area contributed by atoms with Gasteiger partial charge in [0.2, 0.25) is 0 Å². The summed E-state index contributed by atoms with van der Waals surface area (Å²) in [5, 5.41) is 2.83. The third-order valence-electron chi connectivity index (χ3n) is 5.38. The molecule has 6 nitrogen and oxygen atoms in total. The zero-order valence-corrected chi connectivity index (χ0v) is 19.7. The van der Waals surface area contributed by atoms with Crippen molar-refractivity contribution in [1.82, 2.24) is 15.4 Å². The zero-order valence-electron chi connectivity index (χ0n) is 18.1. The van der Waals surface area contributed by atoms with Crippen molar-refractivity contribution in [3.8, 4) is 0 Å². The molecular weight excluding hydrogens is 466 g/mol. The molecule has 174 valence electrons. The second kappa shape index (κ2) is 10.1. The number of hydrazine groups is 1. The smallest absolute Gasteiger partial charge is 0.266 e. The van der Waals surface area contributed by atoms with Crippen LogP contribution < -0.4 is 21.1 Å². The van der Waals surface area contributed by atoms with Crippen LogP contribution >= 0.6 is 23.4 Å². The summed E-state index contributed by atoms with van der Waals surface area (Å²) < 4.78 is 27.9. The van der Waals surface area contributed by atoms with E-state index in [1.165, 1.54) is 16.7 Å². The average molecular weight is 491 g/mol. The highest BCUT2D eigenvalue weighted by Crippen LogP contribution is 2.38. The lowest BCUT2D eigenvalue weighted by atomic mass is 10.2. The van der Waals surface area contributed by atoms with E-state index in [-0.39, 0.29) is 18.7 Å². The fourth-order valence-corrected chi connectivity index (χ4v) is 4.62. The van der Waals surface area contributed by atoms with E-state index < -0.39 is 12.5 Å². The van der Waals surface area contributed by atoms with Crippen LogP contribution in [-0.4, -0.2) is 36.0 Å². The summed E-state index contributed by atoms with van der Waals surface area (Å²) in [6.07, 6.45) is -0.229. The SMILES string of the molecule is CNN(Cc1ccccc1Cl)c1nc(SCc2ccccc2)nc(N2CCC(F)(F)C2)c1N. The normalized spacial score (nSPS) is 15.1. The molecule has 0 atom stereocenters. The van der Waals surface area contributed by atoms with E-state index in [1.807, 2.05) is 54.6 Å². The fraction of sp³-hybridized carbons (Fsp3) is 0.304. The molecule has 1 fully saturated rings. The highest BCUT2D eigenvalue weighted by molar-refractivity contribution is 7.98. The van der Waals surface area contributed by atoms with Crippen molar-refractivity contribution in [2.75, 3.05) is 35.8 Å². The van der Waals surface area contributed by atoms with Gasteiger partial charge >= 0.3 is 0 Å². The zero-order chi connectivity index (χ0) is 23.4. The molecule has 0 amide bonds. The molecule has 3 N–H and O–H groups in total. The van der Waals surface area contributed by atoms with Gasteiger partial charge in [0.05, 0.1) is 13.1 Å². The molecule has 0 radical (unpaired) electrons. The minimum absolute atomic E-state index is 0.181. The van der Waals surface area contributed by atoms with Crippen molar-refractivity contribution >= 4 is 40.7 Å². The van der Waals surface area contributed by atoms with Crippen LogP contribution in [0.3, 0.4) is 0 Å². The van der Waals surface area contributed by atoms with Crippen LogP contribution in [0.4, 0.5) is 26.1 Å². The van der Waals surface area contributed by atoms with E-state index in [0.717, 1.165) is 11.1 Å². The first-order chi connectivity index (χ1) is 15.9. The maximum absolute atomic E-state index is 14.0. The van der Waals surface area contributed by atoms with E-state index in [9.17, 15) is 8.78 Å². The second-order valence-electron chi connectivity index (χ2n) is 7.77. The number of rotatable bonds is 8. The lowest BCUT2D eigenvalue weighted by Crippen LogP contribution is -2.36. The predicted molar refractivity (Wildman–Crippen MR) is 131 cm³/mol. The first-order valence-corrected chi connectivity index (χ1v) is 11.9. The Labute approximate surface area is 201 Å². The Bertz CT molecular complexity index is 1100. The average Bonchev–Trinajstić information content (AvgIpc) is 3.18. The number of hydrogen-bond donors (Lipinski definition) is 2. The van der Waals surface area contributed by atoms with Crippen LogP contribution in [-0.2, 0) is 12.3 Å². The summed E-state index contributed by atoms with van der Waals surface area (Å²) >= 11 is 7.79. The molecular formula is C23H25ClF2N6S. The Kier molecular flexibility index (Phi) is 7.21. The van der Waals surface area contributed by atoms with Gasteiger partial charge in [-0.1, -0.05) is 71.9 Å². The Balaban J connectivity index is 1.69. The van der Waals surface area contributed by atoms with Gasteiger partial charge in [-0.2, -0.15) is 0 Å². The van der Waals surface area contributed by atoms with Gasteiger partial charge in [0, 0.05) is 30.8 Å². The number of anilines is 3. The second-order valence-corrected chi connectivity index (χ2v) is 9.12. The topological polar surface area (TPSA) is 70.3 Å². The predicted octanol–water partition coefficient (Wildman–Crippen LogP) is 4.99. The van der Waals surface area contributed by atoms with Crippen LogP contribution in [0.2, 0.25) is 5.02 Å². The molecule has 1 aromatic heterocycles. The Morgan fingerprint density at radius 2 is 1.88 bits per heavy atom. The number of aromatic nitrogens is 2. The number of nitrogen functional groups attached to an aromatic ring is 1. The molecule has 3 aromatic rings. The first-order valence-electron chi connectivity index (χ1n) is 10.5. The summed E-state index contributed by atoms with van der Waals surface area (Å²) in [5.74, 6) is -1.38. The molecule has 2 aromatic carbocycles. The number of hydrogen-bond acceptors (Lipinski definition) is 7. The van der Waals surface area contributed by atoms with E-state index >= 15 is 0 Å². The third-order valence-corrected chi connectivity index (χ3v) is 6.66. The van der Waals surface area contributed by atoms with Crippen LogP contribution in [0.15, 0.2) is 59.8 Å². The van der Waals surface area contributed by atoms with E-state index in [1.54, 1.807) is 12.1 Å². The van der Waals surface area contributed by atoms with Gasteiger partial charge in [-0.3, -0.25) is 5.01 Å². The highest BCUT2D eigenvalue weighted by atomic mass is 35.5. The molecule has 33 heavy (non-hydrogen) atoms. The highest BCUT2D eigenvalue weighted by Gasteiger charge is 2.40. The van der Waals surface area contributed by atoms with Gasteiger partial charge in [-0.05, 0) is 17.2 Å². The monoisotopic (exact) mass is 490 g/mol.